The molecule has 0 aromatic heterocycles. The van der Waals surface area contributed by atoms with Crippen LogP contribution in [0.15, 0.2) is 73.8 Å². The van der Waals surface area contributed by atoms with Crippen molar-refractivity contribution in [2.45, 2.75) is 55.2 Å². The summed E-state index contributed by atoms with van der Waals surface area (Å²) in [6.45, 7) is 14.2. The van der Waals surface area contributed by atoms with E-state index in [1.54, 1.807) is 64.8 Å². The molecule has 5 rings (SSSR count). The number of fused-ring (bicyclic) bond motifs is 1. The maximum Gasteiger partial charge on any atom is 0.251 e. The van der Waals surface area contributed by atoms with Crippen LogP contribution in [0.1, 0.15) is 33.6 Å². The third-order valence-corrected chi connectivity index (χ3v) is 11.4. The fraction of sp³-hybridized carbons (Fsp3) is 0.457. The summed E-state index contributed by atoms with van der Waals surface area (Å²) in [6, 6.07) is 13.0. The van der Waals surface area contributed by atoms with Gasteiger partial charge in [-0.05, 0) is 82.1 Å². The Morgan fingerprint density at radius 1 is 1.02 bits per heavy atom. The molecule has 6 atom stereocenters. The Kier molecular flexibility index (Phi) is 9.37. The number of carbonyl (C=O) groups excluding carboxylic acids is 3. The zero-order valence-corrected chi connectivity index (χ0v) is 27.3. The summed E-state index contributed by atoms with van der Waals surface area (Å²) in [5.41, 5.74) is 1.33. The highest BCUT2D eigenvalue weighted by Crippen LogP contribution is 2.72. The lowest BCUT2D eigenvalue weighted by atomic mass is 9.66. The normalized spacial score (nSPS) is 27.1. The van der Waals surface area contributed by atoms with Gasteiger partial charge in [-0.25, -0.2) is 0 Å². The number of amides is 3. The van der Waals surface area contributed by atoms with E-state index in [1.807, 2.05) is 43.3 Å². The van der Waals surface area contributed by atoms with Gasteiger partial charge in [-0.15, -0.1) is 24.9 Å². The summed E-state index contributed by atoms with van der Waals surface area (Å²) < 4.78 is 9.52. The van der Waals surface area contributed by atoms with E-state index in [1.165, 1.54) is 0 Å². The number of benzene rings is 2. The molecule has 0 aliphatic carbocycles. The number of thioether (sulfide) groups is 1. The highest BCUT2D eigenvalue weighted by Gasteiger charge is 2.78. The maximum absolute atomic E-state index is 14.8. The van der Waals surface area contributed by atoms with Crippen LogP contribution >= 0.6 is 11.8 Å². The van der Waals surface area contributed by atoms with Gasteiger partial charge in [-0.3, -0.25) is 14.4 Å². The van der Waals surface area contributed by atoms with Crippen molar-refractivity contribution in [2.24, 2.45) is 11.8 Å². The fourth-order valence-corrected chi connectivity index (χ4v) is 9.78. The van der Waals surface area contributed by atoms with Gasteiger partial charge in [0, 0.05) is 29.2 Å². The number of aliphatic hydroxyl groups is 1. The van der Waals surface area contributed by atoms with E-state index in [2.05, 4.69) is 20.1 Å². The molecular weight excluding hydrogens is 590 g/mol. The molecule has 3 aliphatic rings. The summed E-state index contributed by atoms with van der Waals surface area (Å²) in [6.07, 6.45) is 4.62. The van der Waals surface area contributed by atoms with E-state index in [9.17, 15) is 19.5 Å². The molecule has 0 saturated carbocycles. The fourth-order valence-electron chi connectivity index (χ4n) is 7.45. The van der Waals surface area contributed by atoms with Crippen molar-refractivity contribution in [3.05, 3.63) is 73.8 Å². The van der Waals surface area contributed by atoms with E-state index in [0.29, 0.717) is 42.3 Å². The zero-order chi connectivity index (χ0) is 32.5. The second-order valence-corrected chi connectivity index (χ2v) is 14.0. The molecular formula is C35H43N3O6S. The largest absolute Gasteiger partial charge is 0.497 e. The Morgan fingerprint density at radius 3 is 2.09 bits per heavy atom. The smallest absolute Gasteiger partial charge is 0.251 e. The molecule has 45 heavy (non-hydrogen) atoms. The first-order valence-electron chi connectivity index (χ1n) is 15.4. The summed E-state index contributed by atoms with van der Waals surface area (Å²) in [5.74, 6) is -0.722. The molecule has 3 amide bonds. The molecule has 10 heteroatoms. The number of carbonyl (C=O) groups is 3. The highest BCUT2D eigenvalue weighted by atomic mass is 32.2. The van der Waals surface area contributed by atoms with Crippen molar-refractivity contribution < 1.29 is 29.0 Å². The molecule has 3 aliphatic heterocycles. The van der Waals surface area contributed by atoms with Gasteiger partial charge in [-0.2, -0.15) is 0 Å². The van der Waals surface area contributed by atoms with Gasteiger partial charge in [0.15, 0.2) is 0 Å². The van der Waals surface area contributed by atoms with Crippen LogP contribution in [-0.4, -0.2) is 82.7 Å². The predicted molar refractivity (Wildman–Crippen MR) is 178 cm³/mol. The molecule has 2 aromatic carbocycles. The van der Waals surface area contributed by atoms with Crippen LogP contribution in [-0.2, 0) is 14.4 Å². The summed E-state index contributed by atoms with van der Waals surface area (Å²) in [7, 11) is 1.58. The Hall–Kier alpha value is -3.76. The van der Waals surface area contributed by atoms with Gasteiger partial charge in [0.05, 0.1) is 42.9 Å². The van der Waals surface area contributed by atoms with Gasteiger partial charge >= 0.3 is 0 Å². The van der Waals surface area contributed by atoms with Gasteiger partial charge in [0.1, 0.15) is 17.5 Å². The van der Waals surface area contributed by atoms with Gasteiger partial charge in [-0.1, -0.05) is 12.2 Å². The molecule has 1 spiro atoms. The van der Waals surface area contributed by atoms with Gasteiger partial charge in [0.25, 0.3) is 5.91 Å². The van der Waals surface area contributed by atoms with Crippen molar-refractivity contribution in [3.8, 4) is 11.5 Å². The number of anilines is 2. The van der Waals surface area contributed by atoms with Crippen LogP contribution in [0.2, 0.25) is 0 Å². The average molecular weight is 634 g/mol. The number of nitrogens with zero attached hydrogens (tertiary/aromatic N) is 3. The third-order valence-electron chi connectivity index (χ3n) is 9.45. The SMILES string of the molecule is C=CCN(C(=O)C1N([C@H](C)CO)C(=O)[C@@H]2[C@H](C(=O)N(CC=C)c3ccc(OCC)cc3)[C@]3(C)CCC12S3)c1ccc(OC)cc1. The predicted octanol–water partition coefficient (Wildman–Crippen LogP) is 4.69. The van der Waals surface area contributed by atoms with E-state index in [4.69, 9.17) is 9.47 Å². The van der Waals surface area contributed by atoms with Crippen LogP contribution in [0.5, 0.6) is 11.5 Å². The summed E-state index contributed by atoms with van der Waals surface area (Å²) in [4.78, 5) is 48.8. The topological polar surface area (TPSA) is 99.6 Å². The van der Waals surface area contributed by atoms with Crippen LogP contribution in [0.3, 0.4) is 0 Å². The Morgan fingerprint density at radius 2 is 1.58 bits per heavy atom. The minimum atomic E-state index is -0.873. The highest BCUT2D eigenvalue weighted by molar-refractivity contribution is 8.02. The quantitative estimate of drug-likeness (QED) is 0.320. The van der Waals surface area contributed by atoms with Gasteiger partial charge in [0.2, 0.25) is 11.8 Å². The van der Waals surface area contributed by atoms with E-state index in [0.717, 1.165) is 0 Å². The molecule has 2 bridgehead atoms. The maximum atomic E-state index is 14.8. The lowest BCUT2D eigenvalue weighted by Gasteiger charge is -2.39. The average Bonchev–Trinajstić information content (AvgIpc) is 3.62. The van der Waals surface area contributed by atoms with E-state index >= 15 is 0 Å². The molecule has 0 radical (unpaired) electrons. The molecule has 2 unspecified atom stereocenters. The summed E-state index contributed by atoms with van der Waals surface area (Å²) >= 11 is 1.61. The van der Waals surface area contributed by atoms with Crippen LogP contribution in [0, 0.1) is 11.8 Å². The van der Waals surface area contributed by atoms with E-state index in [-0.39, 0.29) is 37.4 Å². The van der Waals surface area contributed by atoms with Crippen molar-refractivity contribution >= 4 is 40.9 Å². The van der Waals surface area contributed by atoms with Crippen molar-refractivity contribution in [1.82, 2.24) is 4.90 Å². The van der Waals surface area contributed by atoms with Crippen LogP contribution in [0.25, 0.3) is 0 Å². The molecule has 240 valence electrons. The second kappa shape index (κ2) is 12.9. The van der Waals surface area contributed by atoms with E-state index < -0.39 is 33.4 Å². The minimum absolute atomic E-state index is 0.170. The first kappa shape index (κ1) is 32.6. The number of ether oxygens (including phenoxy) is 2. The van der Waals surface area contributed by atoms with Crippen LogP contribution in [0.4, 0.5) is 11.4 Å². The third kappa shape index (κ3) is 5.42. The molecule has 3 saturated heterocycles. The molecule has 1 N–H and O–H groups in total. The number of rotatable bonds is 13. The minimum Gasteiger partial charge on any atom is -0.497 e. The van der Waals surface area contributed by atoms with Gasteiger partial charge < -0.3 is 29.3 Å². The second-order valence-electron chi connectivity index (χ2n) is 12.1. The van der Waals surface area contributed by atoms with Crippen LogP contribution < -0.4 is 19.3 Å². The Labute approximate surface area is 269 Å². The first-order chi connectivity index (χ1) is 21.6. The zero-order valence-electron chi connectivity index (χ0n) is 26.5. The lowest BCUT2D eigenvalue weighted by Crippen LogP contribution is -2.57. The molecule has 3 heterocycles. The number of hydrogen-bond acceptors (Lipinski definition) is 7. The molecule has 2 aromatic rings. The number of aliphatic hydroxyl groups excluding tert-OH is 1. The lowest BCUT2D eigenvalue weighted by molar-refractivity contribution is -0.142. The Balaban J connectivity index is 1.57. The van der Waals surface area contributed by atoms with Crippen molar-refractivity contribution in [1.29, 1.82) is 0 Å². The molecule has 9 nitrogen and oxygen atoms in total. The molecule has 3 fully saturated rings. The Bertz CT molecular complexity index is 1450. The van der Waals surface area contributed by atoms with Crippen molar-refractivity contribution in [2.75, 3.05) is 43.2 Å². The number of methoxy groups -OCH3 is 1. The summed E-state index contributed by atoms with van der Waals surface area (Å²) in [5, 5.41) is 10.3. The number of hydrogen-bond donors (Lipinski definition) is 1. The van der Waals surface area contributed by atoms with Crippen molar-refractivity contribution in [3.63, 3.8) is 0 Å². The monoisotopic (exact) mass is 633 g/mol. The number of likely N-dealkylation sites (tertiary alicyclic amines) is 1. The standard InChI is InChI=1S/C35H43N3O6S/c1-7-20-36(24-12-16-27(17-13-24)44-9-3)31(40)28-29-32(41)38(23(4)22-39)30(35(29)19-18-34(28,5)45-35)33(42)37(21-8-2)25-10-14-26(43-6)15-11-25/h7-8,10-17,23,28-30,39H,1-2,9,18-22H2,3-6H3/t23-,28-,29+,30?,34+,35?/m1/s1. The first-order valence-corrected chi connectivity index (χ1v) is 16.3.